The number of aliphatic hydroxyl groups is 1. The Morgan fingerprint density at radius 2 is 2.36 bits per heavy atom. The molecule has 0 bridgehead atoms. The van der Waals surface area contributed by atoms with Crippen molar-refractivity contribution in [2.24, 2.45) is 0 Å². The van der Waals surface area contributed by atoms with Gasteiger partial charge in [0.25, 0.3) is 0 Å². The number of hydrogen-bond donors (Lipinski definition) is 2. The number of carboxylic acids is 1. The molecular weight excluding hydrogens is 150 g/mol. The van der Waals surface area contributed by atoms with Crippen molar-refractivity contribution in [2.45, 2.75) is 13.5 Å². The first-order valence-corrected chi connectivity index (χ1v) is 2.96. The van der Waals surface area contributed by atoms with Crippen molar-refractivity contribution in [3.63, 3.8) is 0 Å². The molecule has 0 fully saturated rings. The minimum absolute atomic E-state index is 0.00463. The molecule has 0 atom stereocenters. The molecule has 60 valence electrons. The lowest BCUT2D eigenvalue weighted by atomic mass is 10.2. The number of carboxylic acid groups (broad SMARTS) is 1. The summed E-state index contributed by atoms with van der Waals surface area (Å²) >= 11 is 0. The lowest BCUT2D eigenvalue weighted by Gasteiger charge is -1.89. The molecule has 0 saturated heterocycles. The molecule has 0 aliphatic rings. The van der Waals surface area contributed by atoms with E-state index in [9.17, 15) is 4.79 Å². The van der Waals surface area contributed by atoms with Crippen LogP contribution in [0.3, 0.4) is 0 Å². The number of carbonyl (C=O) groups is 1. The van der Waals surface area contributed by atoms with Gasteiger partial charge in [-0.25, -0.2) is 4.79 Å². The normalized spacial score (nSPS) is 10.0. The summed E-state index contributed by atoms with van der Waals surface area (Å²) in [6.45, 7) is 1.06. The highest BCUT2D eigenvalue weighted by molar-refractivity contribution is 5.89. The van der Waals surface area contributed by atoms with Gasteiger partial charge in [0.2, 0.25) is 0 Å². The summed E-state index contributed by atoms with van der Waals surface area (Å²) in [4.78, 5) is 10.5. The minimum atomic E-state index is -1.13. The molecule has 0 aliphatic carbocycles. The number of aliphatic hydroxyl groups excluding tert-OH is 1. The fourth-order valence-electron chi connectivity index (χ4n) is 0.799. The molecule has 1 rings (SSSR count). The van der Waals surface area contributed by atoms with Gasteiger partial charge >= 0.3 is 5.97 Å². The first-order valence-electron chi connectivity index (χ1n) is 2.96. The van der Waals surface area contributed by atoms with Crippen LogP contribution in [0.15, 0.2) is 4.52 Å². The number of hydrogen-bond acceptors (Lipinski definition) is 4. The summed E-state index contributed by atoms with van der Waals surface area (Å²) in [6.07, 6.45) is 0. The second-order valence-corrected chi connectivity index (χ2v) is 2.03. The summed E-state index contributed by atoms with van der Waals surface area (Å²) in [7, 11) is 0. The maximum absolute atomic E-state index is 10.5. The number of aromatic carboxylic acids is 1. The quantitative estimate of drug-likeness (QED) is 0.639. The van der Waals surface area contributed by atoms with E-state index in [0.717, 1.165) is 0 Å². The predicted octanol–water partition coefficient (Wildman–Crippen LogP) is 0.174. The predicted molar refractivity (Wildman–Crippen MR) is 34.1 cm³/mol. The Balaban J connectivity index is 3.17. The van der Waals surface area contributed by atoms with Gasteiger partial charge in [0.15, 0.2) is 5.76 Å². The van der Waals surface area contributed by atoms with Crippen molar-refractivity contribution in [2.75, 3.05) is 0 Å². The maximum Gasteiger partial charge on any atom is 0.341 e. The van der Waals surface area contributed by atoms with E-state index >= 15 is 0 Å². The molecule has 0 saturated carbocycles. The Hall–Kier alpha value is -1.36. The van der Waals surface area contributed by atoms with E-state index in [2.05, 4.69) is 9.68 Å². The molecule has 11 heavy (non-hydrogen) atoms. The van der Waals surface area contributed by atoms with E-state index in [0.29, 0.717) is 0 Å². The number of aryl methyl sites for hydroxylation is 1. The van der Waals surface area contributed by atoms with Crippen LogP contribution in [-0.2, 0) is 6.61 Å². The third kappa shape index (κ3) is 1.22. The summed E-state index contributed by atoms with van der Waals surface area (Å²) in [6, 6.07) is 0. The van der Waals surface area contributed by atoms with Gasteiger partial charge in [-0.2, -0.15) is 0 Å². The van der Waals surface area contributed by atoms with E-state index < -0.39 is 12.6 Å². The second kappa shape index (κ2) is 2.71. The first kappa shape index (κ1) is 7.74. The van der Waals surface area contributed by atoms with Crippen LogP contribution in [0.5, 0.6) is 0 Å². The van der Waals surface area contributed by atoms with Crippen LogP contribution in [0, 0.1) is 6.92 Å². The lowest BCUT2D eigenvalue weighted by Crippen LogP contribution is -2.00. The molecule has 5 nitrogen and oxygen atoms in total. The van der Waals surface area contributed by atoms with Crippen molar-refractivity contribution in [3.8, 4) is 0 Å². The molecule has 1 aromatic heterocycles. The zero-order valence-corrected chi connectivity index (χ0v) is 5.87. The zero-order chi connectivity index (χ0) is 8.43. The Kier molecular flexibility index (Phi) is 1.91. The van der Waals surface area contributed by atoms with Gasteiger partial charge in [-0.1, -0.05) is 5.16 Å². The highest BCUT2D eigenvalue weighted by Crippen LogP contribution is 2.12. The molecule has 0 radical (unpaired) electrons. The standard InChI is InChI=1S/C6H7NO4/c1-3-5(6(9)10)4(2-8)11-7-3/h8H,2H2,1H3,(H,9,10). The zero-order valence-electron chi connectivity index (χ0n) is 5.87. The van der Waals surface area contributed by atoms with Gasteiger partial charge in [0, 0.05) is 0 Å². The molecule has 0 aromatic carbocycles. The molecule has 0 aliphatic heterocycles. The molecule has 0 unspecified atom stereocenters. The van der Waals surface area contributed by atoms with Crippen LogP contribution in [0.2, 0.25) is 0 Å². The van der Waals surface area contributed by atoms with Crippen molar-refractivity contribution >= 4 is 5.97 Å². The maximum atomic E-state index is 10.5. The SMILES string of the molecule is Cc1noc(CO)c1C(=O)O. The lowest BCUT2D eigenvalue weighted by molar-refractivity contribution is 0.0690. The Morgan fingerprint density at radius 3 is 2.73 bits per heavy atom. The van der Waals surface area contributed by atoms with Crippen molar-refractivity contribution < 1.29 is 19.5 Å². The number of rotatable bonds is 2. The highest BCUT2D eigenvalue weighted by atomic mass is 16.5. The highest BCUT2D eigenvalue weighted by Gasteiger charge is 2.18. The molecule has 0 amide bonds. The first-order chi connectivity index (χ1) is 5.16. The fourth-order valence-corrected chi connectivity index (χ4v) is 0.799. The monoisotopic (exact) mass is 157 g/mol. The van der Waals surface area contributed by atoms with E-state index in [1.54, 1.807) is 0 Å². The third-order valence-corrected chi connectivity index (χ3v) is 1.29. The third-order valence-electron chi connectivity index (χ3n) is 1.29. The minimum Gasteiger partial charge on any atom is -0.477 e. The molecule has 2 N–H and O–H groups in total. The molecule has 1 aromatic rings. The van der Waals surface area contributed by atoms with E-state index in [4.69, 9.17) is 10.2 Å². The molecule has 1 heterocycles. The number of aromatic nitrogens is 1. The Bertz CT molecular complexity index is 278. The van der Waals surface area contributed by atoms with Crippen LogP contribution in [-0.4, -0.2) is 21.3 Å². The van der Waals surface area contributed by atoms with E-state index in [-0.39, 0.29) is 17.0 Å². The van der Waals surface area contributed by atoms with Crippen molar-refractivity contribution in [3.05, 3.63) is 17.0 Å². The van der Waals surface area contributed by atoms with Crippen LogP contribution in [0.1, 0.15) is 21.8 Å². The van der Waals surface area contributed by atoms with Crippen LogP contribution in [0.4, 0.5) is 0 Å². The van der Waals surface area contributed by atoms with Gasteiger partial charge < -0.3 is 14.7 Å². The van der Waals surface area contributed by atoms with Crippen LogP contribution < -0.4 is 0 Å². The van der Waals surface area contributed by atoms with Gasteiger partial charge in [-0.15, -0.1) is 0 Å². The fraction of sp³-hybridized carbons (Fsp3) is 0.333. The smallest absolute Gasteiger partial charge is 0.341 e. The topological polar surface area (TPSA) is 83.6 Å². The van der Waals surface area contributed by atoms with Crippen LogP contribution in [0.25, 0.3) is 0 Å². The summed E-state index contributed by atoms with van der Waals surface area (Å²) in [5.41, 5.74) is 0.231. The van der Waals surface area contributed by atoms with Crippen molar-refractivity contribution in [1.82, 2.24) is 5.16 Å². The van der Waals surface area contributed by atoms with Gasteiger partial charge in [0.1, 0.15) is 12.2 Å². The summed E-state index contributed by atoms with van der Waals surface area (Å²) in [5, 5.41) is 20.5. The van der Waals surface area contributed by atoms with E-state index in [1.807, 2.05) is 0 Å². The largest absolute Gasteiger partial charge is 0.477 e. The second-order valence-electron chi connectivity index (χ2n) is 2.03. The van der Waals surface area contributed by atoms with Gasteiger partial charge in [-0.05, 0) is 6.92 Å². The molecule has 0 spiro atoms. The Labute approximate surface area is 62.2 Å². The van der Waals surface area contributed by atoms with Crippen molar-refractivity contribution in [1.29, 1.82) is 0 Å². The van der Waals surface area contributed by atoms with Gasteiger partial charge in [-0.3, -0.25) is 0 Å². The molecular formula is C6H7NO4. The van der Waals surface area contributed by atoms with E-state index in [1.165, 1.54) is 6.92 Å². The summed E-state index contributed by atoms with van der Waals surface area (Å²) in [5.74, 6) is -1.14. The molecule has 5 heteroatoms. The van der Waals surface area contributed by atoms with Gasteiger partial charge in [0.05, 0.1) is 5.69 Å². The summed E-state index contributed by atoms with van der Waals surface area (Å²) < 4.78 is 4.53. The Morgan fingerprint density at radius 1 is 1.73 bits per heavy atom. The van der Waals surface area contributed by atoms with Crippen LogP contribution >= 0.6 is 0 Å². The average molecular weight is 157 g/mol. The number of nitrogens with zero attached hydrogens (tertiary/aromatic N) is 1. The average Bonchev–Trinajstić information content (AvgIpc) is 2.30.